The molecule has 104 valence electrons. The predicted molar refractivity (Wildman–Crippen MR) is 86.8 cm³/mol. The van der Waals surface area contributed by atoms with E-state index in [1.54, 1.807) is 0 Å². The highest BCUT2D eigenvalue weighted by molar-refractivity contribution is 5.84. The number of nitrogens with zero attached hydrogens (tertiary/aromatic N) is 2. The molecule has 0 spiro atoms. The van der Waals surface area contributed by atoms with Crippen LogP contribution in [0.15, 0.2) is 48.5 Å². The molecule has 1 aliphatic heterocycles. The number of aryl methyl sites for hydroxylation is 1. The Balaban J connectivity index is 2.16. The zero-order chi connectivity index (χ0) is 14.3. The topological polar surface area (TPSA) is 6.48 Å². The molecule has 2 aromatic rings. The van der Waals surface area contributed by atoms with E-state index in [1.165, 1.54) is 22.6 Å². The first-order valence-corrected chi connectivity index (χ1v) is 7.33. The van der Waals surface area contributed by atoms with Crippen molar-refractivity contribution in [1.82, 2.24) is 0 Å². The number of fused-ring (bicyclic) bond motifs is 1. The van der Waals surface area contributed by atoms with Gasteiger partial charge in [0.2, 0.25) is 0 Å². The van der Waals surface area contributed by atoms with E-state index in [1.807, 2.05) is 0 Å². The highest BCUT2D eigenvalue weighted by atomic mass is 15.4. The van der Waals surface area contributed by atoms with E-state index in [-0.39, 0.29) is 0 Å². The molecule has 0 fully saturated rings. The summed E-state index contributed by atoms with van der Waals surface area (Å²) in [4.78, 5) is 4.94. The molecule has 0 bridgehead atoms. The summed E-state index contributed by atoms with van der Waals surface area (Å²) in [6, 6.07) is 17.8. The summed E-state index contributed by atoms with van der Waals surface area (Å²) in [6.45, 7) is 8.98. The van der Waals surface area contributed by atoms with Crippen molar-refractivity contribution in [2.24, 2.45) is 0 Å². The lowest BCUT2D eigenvalue weighted by atomic mass is 10.1. The molecular weight excluding hydrogens is 244 g/mol. The van der Waals surface area contributed by atoms with Crippen molar-refractivity contribution >= 4 is 17.1 Å². The molecule has 3 rings (SSSR count). The van der Waals surface area contributed by atoms with Gasteiger partial charge in [-0.25, -0.2) is 0 Å². The summed E-state index contributed by atoms with van der Waals surface area (Å²) in [5, 5.41) is 0. The van der Waals surface area contributed by atoms with Crippen molar-refractivity contribution in [1.29, 1.82) is 0 Å². The monoisotopic (exact) mass is 266 g/mol. The molecule has 0 aromatic heterocycles. The van der Waals surface area contributed by atoms with Gasteiger partial charge in [-0.3, -0.25) is 0 Å². The largest absolute Gasteiger partial charge is 0.347 e. The molecule has 1 unspecified atom stereocenters. The standard InChI is InChI=1S/C18H22N2/c1-13(2)19-15(4)20(16-10-6-5-9-14(16)3)18-12-8-7-11-17(18)19/h5-13,15H,1-4H3. The van der Waals surface area contributed by atoms with Gasteiger partial charge >= 0.3 is 0 Å². The molecule has 0 saturated carbocycles. The minimum atomic E-state index is 0.341. The van der Waals surface area contributed by atoms with Crippen LogP contribution in [0.5, 0.6) is 0 Å². The molecule has 0 amide bonds. The molecule has 1 atom stereocenters. The van der Waals surface area contributed by atoms with Crippen LogP contribution < -0.4 is 9.80 Å². The van der Waals surface area contributed by atoms with Gasteiger partial charge in [0.25, 0.3) is 0 Å². The normalized spacial score (nSPS) is 17.8. The Morgan fingerprint density at radius 3 is 2.00 bits per heavy atom. The van der Waals surface area contributed by atoms with E-state index in [9.17, 15) is 0 Å². The van der Waals surface area contributed by atoms with Crippen LogP contribution in [0.1, 0.15) is 26.3 Å². The van der Waals surface area contributed by atoms with Gasteiger partial charge in [0.05, 0.1) is 11.4 Å². The van der Waals surface area contributed by atoms with E-state index in [0.29, 0.717) is 12.2 Å². The fourth-order valence-electron chi connectivity index (χ4n) is 3.29. The third-order valence-corrected chi connectivity index (χ3v) is 4.13. The minimum absolute atomic E-state index is 0.341. The van der Waals surface area contributed by atoms with Crippen molar-refractivity contribution in [2.75, 3.05) is 9.80 Å². The first-order chi connectivity index (χ1) is 9.61. The maximum Gasteiger partial charge on any atom is 0.104 e. The van der Waals surface area contributed by atoms with Crippen molar-refractivity contribution in [3.63, 3.8) is 0 Å². The summed E-state index contributed by atoms with van der Waals surface area (Å²) in [5.41, 5.74) is 5.26. The molecule has 0 saturated heterocycles. The van der Waals surface area contributed by atoms with Gasteiger partial charge in [0.1, 0.15) is 6.17 Å². The zero-order valence-electron chi connectivity index (χ0n) is 12.7. The highest BCUT2D eigenvalue weighted by Gasteiger charge is 2.35. The van der Waals surface area contributed by atoms with E-state index in [4.69, 9.17) is 0 Å². The van der Waals surface area contributed by atoms with Gasteiger partial charge in [-0.2, -0.15) is 0 Å². The Morgan fingerprint density at radius 2 is 1.40 bits per heavy atom. The van der Waals surface area contributed by atoms with Crippen LogP contribution in [0.2, 0.25) is 0 Å². The van der Waals surface area contributed by atoms with Crippen LogP contribution in [0.3, 0.4) is 0 Å². The average molecular weight is 266 g/mol. The van der Waals surface area contributed by atoms with Crippen molar-refractivity contribution < 1.29 is 0 Å². The quantitative estimate of drug-likeness (QED) is 0.777. The van der Waals surface area contributed by atoms with Gasteiger partial charge < -0.3 is 9.80 Å². The minimum Gasteiger partial charge on any atom is -0.347 e. The number of hydrogen-bond acceptors (Lipinski definition) is 2. The predicted octanol–water partition coefficient (Wildman–Crippen LogP) is 4.71. The van der Waals surface area contributed by atoms with Crippen LogP contribution in [-0.4, -0.2) is 12.2 Å². The first kappa shape index (κ1) is 13.0. The Kier molecular flexibility index (Phi) is 3.17. The molecule has 2 aromatic carbocycles. The highest BCUT2D eigenvalue weighted by Crippen LogP contribution is 2.45. The molecule has 1 aliphatic rings. The fourth-order valence-corrected chi connectivity index (χ4v) is 3.29. The lowest BCUT2D eigenvalue weighted by Crippen LogP contribution is -2.42. The fraction of sp³-hybridized carbons (Fsp3) is 0.333. The number of hydrogen-bond donors (Lipinski definition) is 0. The molecule has 2 nitrogen and oxygen atoms in total. The Hall–Kier alpha value is -1.96. The Labute approximate surface area is 121 Å². The maximum absolute atomic E-state index is 2.49. The number of anilines is 3. The van der Waals surface area contributed by atoms with E-state index < -0.39 is 0 Å². The SMILES string of the molecule is Cc1ccccc1N1c2ccccc2N(C(C)C)C1C. The third-order valence-electron chi connectivity index (χ3n) is 4.13. The lowest BCUT2D eigenvalue weighted by molar-refractivity contribution is 0.606. The molecule has 20 heavy (non-hydrogen) atoms. The Morgan fingerprint density at radius 1 is 0.850 bits per heavy atom. The number of para-hydroxylation sites is 3. The number of rotatable bonds is 2. The van der Waals surface area contributed by atoms with Crippen LogP contribution in [0, 0.1) is 6.92 Å². The first-order valence-electron chi connectivity index (χ1n) is 7.33. The summed E-state index contributed by atoms with van der Waals surface area (Å²) in [5.74, 6) is 0. The molecular formula is C18H22N2. The Bertz CT molecular complexity index is 618. The van der Waals surface area contributed by atoms with Gasteiger partial charge in [-0.15, -0.1) is 0 Å². The second-order valence-corrected chi connectivity index (χ2v) is 5.78. The summed E-state index contributed by atoms with van der Waals surface area (Å²) in [7, 11) is 0. The van der Waals surface area contributed by atoms with Gasteiger partial charge in [0, 0.05) is 11.7 Å². The lowest BCUT2D eigenvalue weighted by Gasteiger charge is -2.33. The van der Waals surface area contributed by atoms with E-state index >= 15 is 0 Å². The zero-order valence-corrected chi connectivity index (χ0v) is 12.7. The van der Waals surface area contributed by atoms with Gasteiger partial charge in [-0.1, -0.05) is 30.3 Å². The van der Waals surface area contributed by atoms with E-state index in [2.05, 4.69) is 86.0 Å². The second-order valence-electron chi connectivity index (χ2n) is 5.78. The summed E-state index contributed by atoms with van der Waals surface area (Å²) >= 11 is 0. The third kappa shape index (κ3) is 1.87. The van der Waals surface area contributed by atoms with Crippen molar-refractivity contribution in [3.05, 3.63) is 54.1 Å². The smallest absolute Gasteiger partial charge is 0.104 e. The van der Waals surface area contributed by atoms with Crippen LogP contribution in [0.4, 0.5) is 17.1 Å². The molecule has 2 heteroatoms. The molecule has 0 radical (unpaired) electrons. The molecule has 0 aliphatic carbocycles. The molecule has 0 N–H and O–H groups in total. The van der Waals surface area contributed by atoms with Crippen molar-refractivity contribution in [3.8, 4) is 0 Å². The van der Waals surface area contributed by atoms with Crippen molar-refractivity contribution in [2.45, 2.75) is 39.9 Å². The van der Waals surface area contributed by atoms with Crippen LogP contribution in [0.25, 0.3) is 0 Å². The number of benzene rings is 2. The van der Waals surface area contributed by atoms with Crippen LogP contribution >= 0.6 is 0 Å². The van der Waals surface area contributed by atoms with Gasteiger partial charge in [-0.05, 0) is 51.5 Å². The summed E-state index contributed by atoms with van der Waals surface area (Å²) in [6.07, 6.45) is 0.341. The van der Waals surface area contributed by atoms with E-state index in [0.717, 1.165) is 0 Å². The summed E-state index contributed by atoms with van der Waals surface area (Å²) < 4.78 is 0. The van der Waals surface area contributed by atoms with Crippen LogP contribution in [-0.2, 0) is 0 Å². The average Bonchev–Trinajstić information content (AvgIpc) is 2.71. The second kappa shape index (κ2) is 4.86. The molecule has 1 heterocycles. The maximum atomic E-state index is 2.49. The van der Waals surface area contributed by atoms with Gasteiger partial charge in [0.15, 0.2) is 0 Å².